The van der Waals surface area contributed by atoms with Crippen LogP contribution in [0.15, 0.2) is 63.7 Å². The van der Waals surface area contributed by atoms with Gasteiger partial charge in [0, 0.05) is 17.2 Å². The molecule has 0 radical (unpaired) electrons. The third-order valence-corrected chi connectivity index (χ3v) is 5.01. The van der Waals surface area contributed by atoms with Crippen molar-refractivity contribution in [1.29, 1.82) is 0 Å². The summed E-state index contributed by atoms with van der Waals surface area (Å²) >= 11 is 9.64. The molecule has 146 valence electrons. The van der Waals surface area contributed by atoms with Crippen molar-refractivity contribution in [3.8, 4) is 17.1 Å². The fourth-order valence-corrected chi connectivity index (χ4v) is 3.44. The molecule has 9 heteroatoms. The first-order valence-corrected chi connectivity index (χ1v) is 9.86. The van der Waals surface area contributed by atoms with E-state index >= 15 is 0 Å². The van der Waals surface area contributed by atoms with Crippen LogP contribution in [-0.4, -0.2) is 25.8 Å². The molecular weight excluding hydrogens is 458 g/mol. The van der Waals surface area contributed by atoms with Gasteiger partial charge in [-0.3, -0.25) is 4.79 Å². The number of benzene rings is 2. The minimum Gasteiger partial charge on any atom is -0.344 e. The number of nitrogens with one attached hydrogen (secondary N) is 1. The van der Waals surface area contributed by atoms with Crippen molar-refractivity contribution in [2.24, 2.45) is 0 Å². The lowest BCUT2D eigenvalue weighted by Crippen LogP contribution is -2.23. The van der Waals surface area contributed by atoms with E-state index in [9.17, 15) is 4.79 Å². The van der Waals surface area contributed by atoms with E-state index in [0.29, 0.717) is 22.8 Å². The Bertz CT molecular complexity index is 1190. The summed E-state index contributed by atoms with van der Waals surface area (Å²) in [6.45, 7) is 2.17. The molecule has 0 fully saturated rings. The molecule has 0 spiro atoms. The Morgan fingerprint density at radius 1 is 1.24 bits per heavy atom. The van der Waals surface area contributed by atoms with Crippen LogP contribution < -0.4 is 5.32 Å². The highest BCUT2D eigenvalue weighted by atomic mass is 79.9. The summed E-state index contributed by atoms with van der Waals surface area (Å²) in [5.74, 6) is -0.270. The average Bonchev–Trinajstić information content (AvgIpc) is 3.33. The molecule has 7 nitrogen and oxygen atoms in total. The number of nitrogens with zero attached hydrogens (tertiary/aromatic N) is 4. The predicted octanol–water partition coefficient (Wildman–Crippen LogP) is 4.58. The van der Waals surface area contributed by atoms with Gasteiger partial charge >= 0.3 is 11.8 Å². The van der Waals surface area contributed by atoms with E-state index in [2.05, 4.69) is 36.5 Å². The van der Waals surface area contributed by atoms with E-state index in [1.54, 1.807) is 16.9 Å². The molecule has 4 rings (SSSR count). The van der Waals surface area contributed by atoms with E-state index in [-0.39, 0.29) is 11.7 Å². The fourth-order valence-electron chi connectivity index (χ4n) is 2.77. The molecule has 0 atom stereocenters. The Morgan fingerprint density at radius 3 is 2.86 bits per heavy atom. The quantitative estimate of drug-likeness (QED) is 0.460. The molecule has 1 N–H and O–H groups in total. The van der Waals surface area contributed by atoms with Crippen LogP contribution in [0.3, 0.4) is 0 Å². The number of hydrogen-bond donors (Lipinski definition) is 1. The van der Waals surface area contributed by atoms with Crippen LogP contribution in [0.2, 0.25) is 5.02 Å². The number of aromatic nitrogens is 4. The lowest BCUT2D eigenvalue weighted by molar-refractivity contribution is 0.0907. The van der Waals surface area contributed by atoms with Crippen LogP contribution in [0.5, 0.6) is 0 Å². The van der Waals surface area contributed by atoms with Crippen molar-refractivity contribution < 1.29 is 9.32 Å². The van der Waals surface area contributed by atoms with Crippen molar-refractivity contribution in [3.63, 3.8) is 0 Å². The zero-order valence-corrected chi connectivity index (χ0v) is 17.6. The summed E-state index contributed by atoms with van der Waals surface area (Å²) in [4.78, 5) is 16.6. The molecule has 0 aliphatic rings. The van der Waals surface area contributed by atoms with Gasteiger partial charge in [0.25, 0.3) is 0 Å². The largest absolute Gasteiger partial charge is 0.344 e. The van der Waals surface area contributed by atoms with Gasteiger partial charge in [-0.15, -0.1) is 0 Å². The highest BCUT2D eigenvalue weighted by Gasteiger charge is 2.19. The highest BCUT2D eigenvalue weighted by Crippen LogP contribution is 2.25. The number of para-hydroxylation sites is 1. The summed E-state index contributed by atoms with van der Waals surface area (Å²) in [6, 6.07) is 15.0. The minimum atomic E-state index is -0.445. The molecule has 29 heavy (non-hydrogen) atoms. The monoisotopic (exact) mass is 471 g/mol. The smallest absolute Gasteiger partial charge is 0.316 e. The van der Waals surface area contributed by atoms with E-state index in [1.165, 1.54) is 0 Å². The summed E-state index contributed by atoms with van der Waals surface area (Å²) in [7, 11) is 0. The molecule has 0 aliphatic carbocycles. The molecule has 0 bridgehead atoms. The topological polar surface area (TPSA) is 85.8 Å². The summed E-state index contributed by atoms with van der Waals surface area (Å²) < 4.78 is 7.73. The van der Waals surface area contributed by atoms with Crippen molar-refractivity contribution in [1.82, 2.24) is 25.2 Å². The van der Waals surface area contributed by atoms with Crippen LogP contribution in [-0.2, 0) is 6.54 Å². The Balaban J connectivity index is 1.52. The molecule has 1 amide bonds. The van der Waals surface area contributed by atoms with Crippen LogP contribution in [0.4, 0.5) is 0 Å². The standard InChI is InChI=1S/C20H15BrClN5O2/c1-12-15(11-27(25-12)17-8-3-2-7-16(17)22)18-24-20(29-26-18)19(28)23-10-13-5-4-6-14(21)9-13/h2-9,11H,10H2,1H3,(H,23,28). The van der Waals surface area contributed by atoms with Gasteiger partial charge in [-0.25, -0.2) is 4.68 Å². The summed E-state index contributed by atoms with van der Waals surface area (Å²) in [5, 5.41) is 11.7. The number of halogens is 2. The SMILES string of the molecule is Cc1nn(-c2ccccc2Cl)cc1-c1noc(C(=O)NCc2cccc(Br)c2)n1. The molecule has 0 unspecified atom stereocenters. The number of rotatable bonds is 5. The number of hydrogen-bond acceptors (Lipinski definition) is 5. The second-order valence-corrected chi connectivity index (χ2v) is 7.58. The van der Waals surface area contributed by atoms with E-state index < -0.39 is 5.91 Å². The first kappa shape index (κ1) is 19.4. The van der Waals surface area contributed by atoms with Crippen LogP contribution in [0.25, 0.3) is 17.1 Å². The van der Waals surface area contributed by atoms with Crippen molar-refractivity contribution >= 4 is 33.4 Å². The third-order valence-electron chi connectivity index (χ3n) is 4.20. The molecular formula is C20H15BrClN5O2. The molecule has 0 saturated carbocycles. The van der Waals surface area contributed by atoms with Crippen LogP contribution in [0.1, 0.15) is 21.9 Å². The summed E-state index contributed by atoms with van der Waals surface area (Å²) in [6.07, 6.45) is 1.75. The Hall–Kier alpha value is -2.97. The van der Waals surface area contributed by atoms with Crippen LogP contribution in [0, 0.1) is 6.92 Å². The second-order valence-electron chi connectivity index (χ2n) is 6.26. The summed E-state index contributed by atoms with van der Waals surface area (Å²) in [5.41, 5.74) is 3.02. The maximum Gasteiger partial charge on any atom is 0.316 e. The maximum atomic E-state index is 12.3. The number of amides is 1. The van der Waals surface area contributed by atoms with Crippen molar-refractivity contribution in [3.05, 3.63) is 81.4 Å². The molecule has 0 saturated heterocycles. The van der Waals surface area contributed by atoms with Gasteiger partial charge in [-0.2, -0.15) is 10.1 Å². The van der Waals surface area contributed by atoms with Gasteiger partial charge in [0.2, 0.25) is 5.82 Å². The number of aryl methyl sites for hydroxylation is 1. The Labute approximate surface area is 179 Å². The van der Waals surface area contributed by atoms with Gasteiger partial charge in [-0.05, 0) is 36.8 Å². The highest BCUT2D eigenvalue weighted by molar-refractivity contribution is 9.10. The van der Waals surface area contributed by atoms with E-state index in [0.717, 1.165) is 15.7 Å². The van der Waals surface area contributed by atoms with Crippen LogP contribution >= 0.6 is 27.5 Å². The molecule has 2 aromatic heterocycles. The van der Waals surface area contributed by atoms with E-state index in [4.69, 9.17) is 16.1 Å². The molecule has 2 heterocycles. The Kier molecular flexibility index (Phi) is 5.46. The molecule has 4 aromatic rings. The molecule has 0 aliphatic heterocycles. The second kappa shape index (κ2) is 8.18. The van der Waals surface area contributed by atoms with Gasteiger partial charge < -0.3 is 9.84 Å². The zero-order chi connectivity index (χ0) is 20.4. The third kappa shape index (κ3) is 4.23. The van der Waals surface area contributed by atoms with Crippen molar-refractivity contribution in [2.75, 3.05) is 0 Å². The lowest BCUT2D eigenvalue weighted by atomic mass is 10.2. The maximum absolute atomic E-state index is 12.3. The normalized spacial score (nSPS) is 10.9. The fraction of sp³-hybridized carbons (Fsp3) is 0.100. The average molecular weight is 473 g/mol. The molecule has 2 aromatic carbocycles. The van der Waals surface area contributed by atoms with Gasteiger partial charge in [0.15, 0.2) is 0 Å². The first-order valence-electron chi connectivity index (χ1n) is 8.69. The van der Waals surface area contributed by atoms with Gasteiger partial charge in [0.05, 0.1) is 22.0 Å². The van der Waals surface area contributed by atoms with Gasteiger partial charge in [-0.1, -0.05) is 57.0 Å². The van der Waals surface area contributed by atoms with E-state index in [1.807, 2.05) is 49.4 Å². The minimum absolute atomic E-state index is 0.111. The van der Waals surface area contributed by atoms with Gasteiger partial charge in [0.1, 0.15) is 0 Å². The number of carbonyl (C=O) groups is 1. The first-order chi connectivity index (χ1) is 14.0. The Morgan fingerprint density at radius 2 is 2.07 bits per heavy atom. The zero-order valence-electron chi connectivity index (χ0n) is 15.3. The lowest BCUT2D eigenvalue weighted by Gasteiger charge is -2.02. The predicted molar refractivity (Wildman–Crippen MR) is 112 cm³/mol. The number of carbonyl (C=O) groups excluding carboxylic acids is 1. The van der Waals surface area contributed by atoms with Crippen molar-refractivity contribution in [2.45, 2.75) is 13.5 Å².